The van der Waals surface area contributed by atoms with E-state index in [9.17, 15) is 4.79 Å². The van der Waals surface area contributed by atoms with Crippen LogP contribution in [0.3, 0.4) is 0 Å². The van der Waals surface area contributed by atoms with E-state index in [0.717, 1.165) is 14.8 Å². The van der Waals surface area contributed by atoms with Crippen molar-refractivity contribution < 1.29 is 4.79 Å². The lowest BCUT2D eigenvalue weighted by molar-refractivity contribution is 0.0954. The molecule has 0 spiro atoms. The molecule has 0 bridgehead atoms. The van der Waals surface area contributed by atoms with Gasteiger partial charge in [-0.05, 0) is 54.1 Å². The Bertz CT molecular complexity index is 648. The van der Waals surface area contributed by atoms with Gasteiger partial charge in [-0.3, -0.25) is 4.79 Å². The minimum absolute atomic E-state index is 0.193. The molecule has 20 heavy (non-hydrogen) atoms. The first-order valence-electron chi connectivity index (χ1n) is 6.24. The highest BCUT2D eigenvalue weighted by molar-refractivity contribution is 14.1. The molecule has 0 saturated heterocycles. The summed E-state index contributed by atoms with van der Waals surface area (Å²) in [5.74, 6) is -0.193. The normalized spacial score (nSPS) is 11.2. The summed E-state index contributed by atoms with van der Waals surface area (Å²) in [6.45, 7) is 3.91. The molecule has 1 N–H and O–H groups in total. The lowest BCUT2D eigenvalue weighted by atomic mass is 10.1. The molecular formula is C16H15IN2O. The first kappa shape index (κ1) is 14.7. The van der Waals surface area contributed by atoms with Crippen LogP contribution in [-0.4, -0.2) is 11.6 Å². The van der Waals surface area contributed by atoms with Gasteiger partial charge in [0.05, 0.1) is 11.3 Å². The van der Waals surface area contributed by atoms with Crippen LogP contribution in [-0.2, 0) is 0 Å². The van der Waals surface area contributed by atoms with Gasteiger partial charge < -0.3 is 0 Å². The van der Waals surface area contributed by atoms with Gasteiger partial charge in [0.25, 0.3) is 5.91 Å². The maximum atomic E-state index is 12.0. The highest BCUT2D eigenvalue weighted by Gasteiger charge is 2.08. The van der Waals surface area contributed by atoms with Gasteiger partial charge in [-0.2, -0.15) is 5.10 Å². The Labute approximate surface area is 132 Å². The summed E-state index contributed by atoms with van der Waals surface area (Å²) in [5, 5.41) is 4.16. The summed E-state index contributed by atoms with van der Waals surface area (Å²) in [5.41, 5.74) is 6.21. The molecule has 0 unspecified atom stereocenters. The zero-order valence-electron chi connectivity index (χ0n) is 11.4. The molecule has 0 aliphatic heterocycles. The van der Waals surface area contributed by atoms with Gasteiger partial charge in [0.2, 0.25) is 0 Å². The zero-order chi connectivity index (χ0) is 14.5. The number of aryl methyl sites for hydroxylation is 1. The molecule has 3 nitrogen and oxygen atoms in total. The standard InChI is InChI=1S/C16H15IN2O/c1-11-7-9-13(10-8-11)12(2)18-19-16(20)14-5-3-4-6-15(14)17/h3-10H,1-2H3,(H,19,20)/b18-12-. The van der Waals surface area contributed by atoms with E-state index in [2.05, 4.69) is 33.1 Å². The molecular weight excluding hydrogens is 363 g/mol. The maximum absolute atomic E-state index is 12.0. The van der Waals surface area contributed by atoms with Crippen LogP contribution in [0.2, 0.25) is 0 Å². The second-order valence-electron chi connectivity index (χ2n) is 4.48. The van der Waals surface area contributed by atoms with Gasteiger partial charge in [0.1, 0.15) is 0 Å². The number of rotatable bonds is 3. The van der Waals surface area contributed by atoms with Crippen LogP contribution >= 0.6 is 22.6 Å². The summed E-state index contributed by atoms with van der Waals surface area (Å²) in [6, 6.07) is 15.5. The van der Waals surface area contributed by atoms with Gasteiger partial charge >= 0.3 is 0 Å². The third-order valence-electron chi connectivity index (χ3n) is 2.91. The second kappa shape index (κ2) is 6.65. The fourth-order valence-electron chi connectivity index (χ4n) is 1.70. The summed E-state index contributed by atoms with van der Waals surface area (Å²) in [4.78, 5) is 12.0. The van der Waals surface area contributed by atoms with Crippen LogP contribution < -0.4 is 5.43 Å². The van der Waals surface area contributed by atoms with Crippen molar-refractivity contribution in [2.24, 2.45) is 5.10 Å². The molecule has 2 aromatic rings. The van der Waals surface area contributed by atoms with E-state index in [1.54, 1.807) is 6.07 Å². The molecule has 0 aliphatic rings. The molecule has 2 rings (SSSR count). The molecule has 0 saturated carbocycles. The highest BCUT2D eigenvalue weighted by atomic mass is 127. The van der Waals surface area contributed by atoms with Gasteiger partial charge in [0.15, 0.2) is 0 Å². The van der Waals surface area contributed by atoms with Crippen molar-refractivity contribution in [2.75, 3.05) is 0 Å². The number of carbonyl (C=O) groups is 1. The molecule has 0 aliphatic carbocycles. The van der Waals surface area contributed by atoms with E-state index in [-0.39, 0.29) is 5.91 Å². The topological polar surface area (TPSA) is 41.5 Å². The Hall–Kier alpha value is -1.69. The molecule has 0 radical (unpaired) electrons. The van der Waals surface area contributed by atoms with Crippen molar-refractivity contribution in [1.82, 2.24) is 5.43 Å². The van der Waals surface area contributed by atoms with Crippen LogP contribution in [0.25, 0.3) is 0 Å². The maximum Gasteiger partial charge on any atom is 0.272 e. The number of amides is 1. The SMILES string of the molecule is C/C(=N/NC(=O)c1ccccc1I)c1ccc(C)cc1. The smallest absolute Gasteiger partial charge is 0.267 e. The molecule has 1 amide bonds. The van der Waals surface area contributed by atoms with Crippen molar-refractivity contribution in [1.29, 1.82) is 0 Å². The summed E-state index contributed by atoms with van der Waals surface area (Å²) < 4.78 is 0.908. The predicted molar refractivity (Wildman–Crippen MR) is 90.0 cm³/mol. The molecule has 0 heterocycles. The van der Waals surface area contributed by atoms with E-state index in [4.69, 9.17) is 0 Å². The van der Waals surface area contributed by atoms with Crippen molar-refractivity contribution in [3.05, 3.63) is 68.8 Å². The van der Waals surface area contributed by atoms with Crippen LogP contribution in [0.4, 0.5) is 0 Å². The molecule has 0 atom stereocenters. The van der Waals surface area contributed by atoms with Crippen molar-refractivity contribution >= 4 is 34.2 Å². The number of carbonyl (C=O) groups excluding carboxylic acids is 1. The lowest BCUT2D eigenvalue weighted by Gasteiger charge is -2.05. The highest BCUT2D eigenvalue weighted by Crippen LogP contribution is 2.11. The predicted octanol–water partition coefficient (Wildman–Crippen LogP) is 3.75. The van der Waals surface area contributed by atoms with E-state index in [1.807, 2.05) is 56.3 Å². The number of nitrogens with one attached hydrogen (secondary N) is 1. The van der Waals surface area contributed by atoms with Crippen LogP contribution in [0.5, 0.6) is 0 Å². The van der Waals surface area contributed by atoms with Crippen molar-refractivity contribution in [3.8, 4) is 0 Å². The zero-order valence-corrected chi connectivity index (χ0v) is 13.5. The monoisotopic (exact) mass is 378 g/mol. The fraction of sp³-hybridized carbons (Fsp3) is 0.125. The van der Waals surface area contributed by atoms with Crippen LogP contribution in [0.1, 0.15) is 28.4 Å². The molecule has 2 aromatic carbocycles. The lowest BCUT2D eigenvalue weighted by Crippen LogP contribution is -2.20. The first-order chi connectivity index (χ1) is 9.58. The quantitative estimate of drug-likeness (QED) is 0.493. The van der Waals surface area contributed by atoms with E-state index in [0.29, 0.717) is 5.56 Å². The first-order valence-corrected chi connectivity index (χ1v) is 7.32. The third-order valence-corrected chi connectivity index (χ3v) is 3.85. The number of nitrogens with zero attached hydrogens (tertiary/aromatic N) is 1. The Morgan fingerprint density at radius 2 is 1.75 bits per heavy atom. The number of halogens is 1. The molecule has 0 fully saturated rings. The number of hydrogen-bond acceptors (Lipinski definition) is 2. The van der Waals surface area contributed by atoms with E-state index >= 15 is 0 Å². The largest absolute Gasteiger partial charge is 0.272 e. The Kier molecular flexibility index (Phi) is 4.89. The summed E-state index contributed by atoms with van der Waals surface area (Å²) in [6.07, 6.45) is 0. The van der Waals surface area contributed by atoms with E-state index in [1.165, 1.54) is 5.56 Å². The molecule has 0 aromatic heterocycles. The van der Waals surface area contributed by atoms with Gasteiger partial charge in [-0.25, -0.2) is 5.43 Å². The minimum atomic E-state index is -0.193. The van der Waals surface area contributed by atoms with Gasteiger partial charge in [-0.1, -0.05) is 42.0 Å². The van der Waals surface area contributed by atoms with Crippen molar-refractivity contribution in [2.45, 2.75) is 13.8 Å². The minimum Gasteiger partial charge on any atom is -0.267 e. The second-order valence-corrected chi connectivity index (χ2v) is 5.65. The number of hydrogen-bond donors (Lipinski definition) is 1. The Balaban J connectivity index is 2.11. The Morgan fingerprint density at radius 1 is 1.10 bits per heavy atom. The Morgan fingerprint density at radius 3 is 2.40 bits per heavy atom. The average Bonchev–Trinajstić information content (AvgIpc) is 2.45. The summed E-state index contributed by atoms with van der Waals surface area (Å²) >= 11 is 2.14. The molecule has 102 valence electrons. The number of benzene rings is 2. The van der Waals surface area contributed by atoms with Crippen molar-refractivity contribution in [3.63, 3.8) is 0 Å². The summed E-state index contributed by atoms with van der Waals surface area (Å²) in [7, 11) is 0. The van der Waals surface area contributed by atoms with Crippen LogP contribution in [0.15, 0.2) is 53.6 Å². The van der Waals surface area contributed by atoms with Gasteiger partial charge in [-0.15, -0.1) is 0 Å². The van der Waals surface area contributed by atoms with Crippen LogP contribution in [0, 0.1) is 10.5 Å². The van der Waals surface area contributed by atoms with E-state index < -0.39 is 0 Å². The van der Waals surface area contributed by atoms with Gasteiger partial charge in [0, 0.05) is 3.57 Å². The fourth-order valence-corrected chi connectivity index (χ4v) is 2.33. The average molecular weight is 378 g/mol. The third kappa shape index (κ3) is 3.66. The number of hydrazone groups is 1. The molecule has 4 heteroatoms.